The van der Waals surface area contributed by atoms with E-state index >= 15 is 0 Å². The number of anilines is 1. The number of nitro groups is 1. The van der Waals surface area contributed by atoms with Gasteiger partial charge in [-0.3, -0.25) is 15.1 Å². The maximum atomic E-state index is 12.3. The molecule has 0 amide bonds. The standard InChI is InChI=1S/C16H17N3O5/c1-2-24-16(20)13-10-17-14-9-11(19(21)22)3-4-12(14)15(13)18-5-7-23-8-6-18/h3-4,9-10H,2,5-8H2,1H3. The van der Waals surface area contributed by atoms with Gasteiger partial charge in [-0.25, -0.2) is 4.79 Å². The third kappa shape index (κ3) is 3.00. The van der Waals surface area contributed by atoms with E-state index in [1.54, 1.807) is 13.0 Å². The number of morpholine rings is 1. The first-order chi connectivity index (χ1) is 11.6. The minimum absolute atomic E-state index is 0.0354. The summed E-state index contributed by atoms with van der Waals surface area (Å²) in [5, 5.41) is 11.7. The van der Waals surface area contributed by atoms with E-state index in [-0.39, 0.29) is 12.3 Å². The fourth-order valence-electron chi connectivity index (χ4n) is 2.77. The Hall–Kier alpha value is -2.74. The smallest absolute Gasteiger partial charge is 0.341 e. The second-order valence-corrected chi connectivity index (χ2v) is 5.30. The van der Waals surface area contributed by atoms with E-state index in [2.05, 4.69) is 4.98 Å². The van der Waals surface area contributed by atoms with Crippen LogP contribution in [0, 0.1) is 10.1 Å². The fourth-order valence-corrected chi connectivity index (χ4v) is 2.77. The molecule has 2 aromatic rings. The first-order valence-corrected chi connectivity index (χ1v) is 7.68. The van der Waals surface area contributed by atoms with E-state index < -0.39 is 10.9 Å². The van der Waals surface area contributed by atoms with Crippen molar-refractivity contribution in [3.8, 4) is 0 Å². The number of aromatic nitrogens is 1. The van der Waals surface area contributed by atoms with Gasteiger partial charge in [0.05, 0.1) is 35.9 Å². The number of esters is 1. The Kier molecular flexibility index (Phi) is 4.57. The molecule has 3 rings (SSSR count). The average molecular weight is 331 g/mol. The zero-order chi connectivity index (χ0) is 17.1. The Bertz CT molecular complexity index is 787. The molecule has 8 nitrogen and oxygen atoms in total. The summed E-state index contributed by atoms with van der Waals surface area (Å²) in [5.74, 6) is -0.452. The highest BCUT2D eigenvalue weighted by Gasteiger charge is 2.23. The average Bonchev–Trinajstić information content (AvgIpc) is 2.61. The van der Waals surface area contributed by atoms with Gasteiger partial charge < -0.3 is 14.4 Å². The monoisotopic (exact) mass is 331 g/mol. The molecular formula is C16H17N3O5. The van der Waals surface area contributed by atoms with Crippen molar-refractivity contribution in [2.75, 3.05) is 37.8 Å². The van der Waals surface area contributed by atoms with Gasteiger partial charge in [0, 0.05) is 36.8 Å². The van der Waals surface area contributed by atoms with Gasteiger partial charge in [0.1, 0.15) is 5.56 Å². The molecule has 0 spiro atoms. The van der Waals surface area contributed by atoms with Gasteiger partial charge in [-0.15, -0.1) is 0 Å². The highest BCUT2D eigenvalue weighted by Crippen LogP contribution is 2.32. The normalized spacial score (nSPS) is 14.6. The molecule has 1 aliphatic rings. The fraction of sp³-hybridized carbons (Fsp3) is 0.375. The van der Waals surface area contributed by atoms with Crippen LogP contribution in [0.15, 0.2) is 24.4 Å². The molecule has 1 fully saturated rings. The third-order valence-corrected chi connectivity index (χ3v) is 3.86. The van der Waals surface area contributed by atoms with Gasteiger partial charge in [0.2, 0.25) is 0 Å². The summed E-state index contributed by atoms with van der Waals surface area (Å²) in [7, 11) is 0. The summed E-state index contributed by atoms with van der Waals surface area (Å²) >= 11 is 0. The van der Waals surface area contributed by atoms with Crippen LogP contribution in [0.2, 0.25) is 0 Å². The van der Waals surface area contributed by atoms with Crippen LogP contribution in [0.1, 0.15) is 17.3 Å². The van der Waals surface area contributed by atoms with Crippen molar-refractivity contribution in [1.29, 1.82) is 0 Å². The molecule has 0 unspecified atom stereocenters. The number of carbonyl (C=O) groups excluding carboxylic acids is 1. The number of non-ortho nitro benzene ring substituents is 1. The lowest BCUT2D eigenvalue weighted by Gasteiger charge is -2.31. The zero-order valence-electron chi connectivity index (χ0n) is 13.2. The first kappa shape index (κ1) is 16.1. The Labute approximate surface area is 138 Å². The maximum Gasteiger partial charge on any atom is 0.341 e. The molecule has 1 aromatic carbocycles. The van der Waals surface area contributed by atoms with Crippen LogP contribution in [0.4, 0.5) is 11.4 Å². The van der Waals surface area contributed by atoms with E-state index in [0.29, 0.717) is 48.5 Å². The SMILES string of the molecule is CCOC(=O)c1cnc2cc([N+](=O)[O-])ccc2c1N1CCOCC1. The Morgan fingerprint density at radius 1 is 1.42 bits per heavy atom. The Morgan fingerprint density at radius 2 is 2.17 bits per heavy atom. The lowest BCUT2D eigenvalue weighted by atomic mass is 10.1. The van der Waals surface area contributed by atoms with Crippen molar-refractivity contribution in [3.05, 3.63) is 40.1 Å². The van der Waals surface area contributed by atoms with Gasteiger partial charge in [-0.05, 0) is 13.0 Å². The number of rotatable bonds is 4. The number of hydrogen-bond donors (Lipinski definition) is 0. The number of pyridine rings is 1. The second-order valence-electron chi connectivity index (χ2n) is 5.30. The van der Waals surface area contributed by atoms with E-state index in [4.69, 9.17) is 9.47 Å². The molecule has 0 N–H and O–H groups in total. The molecule has 1 aromatic heterocycles. The number of benzene rings is 1. The van der Waals surface area contributed by atoms with Crippen molar-refractivity contribution in [2.45, 2.75) is 6.92 Å². The Morgan fingerprint density at radius 3 is 2.83 bits per heavy atom. The van der Waals surface area contributed by atoms with Gasteiger partial charge in [-0.1, -0.05) is 0 Å². The van der Waals surface area contributed by atoms with Crippen LogP contribution in [0.25, 0.3) is 10.9 Å². The van der Waals surface area contributed by atoms with Gasteiger partial charge >= 0.3 is 5.97 Å². The van der Waals surface area contributed by atoms with E-state index in [0.717, 1.165) is 0 Å². The van der Waals surface area contributed by atoms with E-state index in [1.807, 2.05) is 4.90 Å². The summed E-state index contributed by atoms with van der Waals surface area (Å²) in [6, 6.07) is 4.46. The zero-order valence-corrected chi connectivity index (χ0v) is 13.2. The van der Waals surface area contributed by atoms with Crippen LogP contribution in [-0.4, -0.2) is 48.8 Å². The molecule has 0 radical (unpaired) electrons. The summed E-state index contributed by atoms with van der Waals surface area (Å²) in [6.45, 7) is 4.37. The lowest BCUT2D eigenvalue weighted by Crippen LogP contribution is -2.37. The number of nitrogens with zero attached hydrogens (tertiary/aromatic N) is 3. The predicted octanol–water partition coefficient (Wildman–Crippen LogP) is 2.16. The quantitative estimate of drug-likeness (QED) is 0.481. The number of hydrogen-bond acceptors (Lipinski definition) is 7. The van der Waals surface area contributed by atoms with Gasteiger partial charge in [0.25, 0.3) is 5.69 Å². The maximum absolute atomic E-state index is 12.3. The molecule has 8 heteroatoms. The van der Waals surface area contributed by atoms with Crippen molar-refractivity contribution >= 4 is 28.2 Å². The molecule has 0 aliphatic carbocycles. The molecular weight excluding hydrogens is 314 g/mol. The molecule has 1 saturated heterocycles. The predicted molar refractivity (Wildman–Crippen MR) is 87.4 cm³/mol. The Balaban J connectivity index is 2.17. The van der Waals surface area contributed by atoms with Crippen LogP contribution in [0.3, 0.4) is 0 Å². The van der Waals surface area contributed by atoms with Crippen LogP contribution in [0.5, 0.6) is 0 Å². The highest BCUT2D eigenvalue weighted by molar-refractivity contribution is 6.05. The van der Waals surface area contributed by atoms with Crippen LogP contribution < -0.4 is 4.90 Å². The highest BCUT2D eigenvalue weighted by atomic mass is 16.6. The van der Waals surface area contributed by atoms with Crippen molar-refractivity contribution in [2.24, 2.45) is 0 Å². The minimum atomic E-state index is -0.464. The van der Waals surface area contributed by atoms with Gasteiger partial charge in [-0.2, -0.15) is 0 Å². The summed E-state index contributed by atoms with van der Waals surface area (Å²) in [5.41, 5.74) is 1.49. The topological polar surface area (TPSA) is 94.8 Å². The van der Waals surface area contributed by atoms with Crippen LogP contribution in [-0.2, 0) is 9.47 Å². The summed E-state index contributed by atoms with van der Waals surface area (Å²) in [6.07, 6.45) is 1.43. The molecule has 1 aliphatic heterocycles. The summed E-state index contributed by atoms with van der Waals surface area (Å²) in [4.78, 5) is 29.1. The molecule has 2 heterocycles. The largest absolute Gasteiger partial charge is 0.462 e. The van der Waals surface area contributed by atoms with Crippen LogP contribution >= 0.6 is 0 Å². The number of carbonyl (C=O) groups is 1. The van der Waals surface area contributed by atoms with Crippen molar-refractivity contribution < 1.29 is 19.2 Å². The van der Waals surface area contributed by atoms with E-state index in [9.17, 15) is 14.9 Å². The molecule has 0 bridgehead atoms. The van der Waals surface area contributed by atoms with Crippen molar-refractivity contribution in [3.63, 3.8) is 0 Å². The third-order valence-electron chi connectivity index (χ3n) is 3.86. The molecule has 0 atom stereocenters. The first-order valence-electron chi connectivity index (χ1n) is 7.68. The lowest BCUT2D eigenvalue weighted by molar-refractivity contribution is -0.384. The minimum Gasteiger partial charge on any atom is -0.462 e. The summed E-state index contributed by atoms with van der Waals surface area (Å²) < 4.78 is 10.5. The number of nitro benzene ring substituents is 1. The molecule has 0 saturated carbocycles. The van der Waals surface area contributed by atoms with Crippen molar-refractivity contribution in [1.82, 2.24) is 4.98 Å². The number of fused-ring (bicyclic) bond motifs is 1. The number of ether oxygens (including phenoxy) is 2. The molecule has 126 valence electrons. The van der Waals surface area contributed by atoms with Gasteiger partial charge in [0.15, 0.2) is 0 Å². The molecule has 24 heavy (non-hydrogen) atoms. The second kappa shape index (κ2) is 6.79. The van der Waals surface area contributed by atoms with E-state index in [1.165, 1.54) is 18.3 Å².